The van der Waals surface area contributed by atoms with Gasteiger partial charge in [-0.2, -0.15) is 0 Å². The van der Waals surface area contributed by atoms with Gasteiger partial charge >= 0.3 is 5.97 Å². The Morgan fingerprint density at radius 1 is 1.27 bits per heavy atom. The zero-order chi connectivity index (χ0) is 15.7. The first-order valence-corrected chi connectivity index (χ1v) is 6.81. The predicted octanol–water partition coefficient (Wildman–Crippen LogP) is 3.43. The van der Waals surface area contributed by atoms with E-state index in [1.54, 1.807) is 6.07 Å². The minimum Gasteiger partial charge on any atom is -0.476 e. The molecule has 0 aliphatic carbocycles. The van der Waals surface area contributed by atoms with Gasteiger partial charge in [-0.1, -0.05) is 29.8 Å². The lowest BCUT2D eigenvalue weighted by molar-refractivity contribution is 0.0691. The highest BCUT2D eigenvalue weighted by Gasteiger charge is 2.14. The highest BCUT2D eigenvalue weighted by atomic mass is 35.5. The fourth-order valence-electron chi connectivity index (χ4n) is 2.18. The van der Waals surface area contributed by atoms with Gasteiger partial charge < -0.3 is 10.4 Å². The Bertz CT molecular complexity index is 883. The predicted molar refractivity (Wildman–Crippen MR) is 83.8 cm³/mol. The third-order valence-electron chi connectivity index (χ3n) is 3.16. The average Bonchev–Trinajstić information content (AvgIpc) is 2.49. The van der Waals surface area contributed by atoms with Crippen LogP contribution in [0.1, 0.15) is 16.1 Å². The largest absolute Gasteiger partial charge is 0.476 e. The van der Waals surface area contributed by atoms with Crippen LogP contribution in [0.5, 0.6) is 0 Å². The van der Waals surface area contributed by atoms with E-state index in [0.717, 1.165) is 16.5 Å². The molecule has 0 unspecified atom stereocenters. The molecule has 6 nitrogen and oxygen atoms in total. The molecule has 2 N–H and O–H groups in total. The van der Waals surface area contributed by atoms with Crippen LogP contribution in [0.15, 0.2) is 36.7 Å². The summed E-state index contributed by atoms with van der Waals surface area (Å²) >= 11 is 6.06. The second-order valence-corrected chi connectivity index (χ2v) is 5.03. The van der Waals surface area contributed by atoms with Gasteiger partial charge in [0.15, 0.2) is 11.5 Å². The van der Waals surface area contributed by atoms with Crippen molar-refractivity contribution in [2.45, 2.75) is 6.92 Å². The van der Waals surface area contributed by atoms with Gasteiger partial charge in [-0.3, -0.25) is 0 Å². The zero-order valence-electron chi connectivity index (χ0n) is 11.5. The standard InChI is InChI=1S/C15H11ClN4O2/c1-8-3-2-4-9-10(7-11(16)20-12(8)9)19-14-13(15(21)22)17-5-6-18-14/h2-7H,1H3,(H,21,22)(H,18,19,20). The van der Waals surface area contributed by atoms with E-state index in [4.69, 9.17) is 11.6 Å². The van der Waals surface area contributed by atoms with Crippen molar-refractivity contribution in [2.75, 3.05) is 5.32 Å². The van der Waals surface area contributed by atoms with Crippen molar-refractivity contribution in [3.8, 4) is 0 Å². The molecule has 0 radical (unpaired) electrons. The lowest BCUT2D eigenvalue weighted by atomic mass is 10.1. The van der Waals surface area contributed by atoms with Crippen LogP contribution in [0, 0.1) is 6.92 Å². The summed E-state index contributed by atoms with van der Waals surface area (Å²) in [6, 6.07) is 7.34. The van der Waals surface area contributed by atoms with E-state index in [9.17, 15) is 9.90 Å². The van der Waals surface area contributed by atoms with Gasteiger partial charge in [-0.05, 0) is 18.6 Å². The van der Waals surface area contributed by atoms with Crippen molar-refractivity contribution in [1.82, 2.24) is 15.0 Å². The Balaban J connectivity index is 2.16. The van der Waals surface area contributed by atoms with Crippen molar-refractivity contribution in [2.24, 2.45) is 0 Å². The molecule has 0 spiro atoms. The second-order valence-electron chi connectivity index (χ2n) is 4.65. The summed E-state index contributed by atoms with van der Waals surface area (Å²) in [5.41, 5.74) is 2.19. The molecule has 0 aliphatic rings. The van der Waals surface area contributed by atoms with Crippen molar-refractivity contribution in [3.63, 3.8) is 0 Å². The van der Waals surface area contributed by atoms with Crippen LogP contribution in [0.4, 0.5) is 11.5 Å². The first kappa shape index (κ1) is 14.2. The maximum Gasteiger partial charge on any atom is 0.358 e. The van der Waals surface area contributed by atoms with Crippen molar-refractivity contribution < 1.29 is 9.90 Å². The van der Waals surface area contributed by atoms with E-state index in [2.05, 4.69) is 20.3 Å². The van der Waals surface area contributed by atoms with E-state index < -0.39 is 5.97 Å². The molecule has 0 aliphatic heterocycles. The lowest BCUT2D eigenvalue weighted by Crippen LogP contribution is -2.07. The van der Waals surface area contributed by atoms with Crippen LogP contribution in [0.2, 0.25) is 5.15 Å². The number of carboxylic acids is 1. The smallest absolute Gasteiger partial charge is 0.358 e. The van der Waals surface area contributed by atoms with E-state index in [1.165, 1.54) is 12.4 Å². The molecular weight excluding hydrogens is 304 g/mol. The number of anilines is 2. The van der Waals surface area contributed by atoms with E-state index in [0.29, 0.717) is 10.8 Å². The number of carbonyl (C=O) groups is 1. The molecule has 0 fully saturated rings. The molecule has 7 heteroatoms. The molecule has 1 aromatic carbocycles. The number of rotatable bonds is 3. The van der Waals surface area contributed by atoms with Gasteiger partial charge in [0, 0.05) is 17.8 Å². The topological polar surface area (TPSA) is 88.0 Å². The second kappa shape index (κ2) is 5.57. The van der Waals surface area contributed by atoms with Crippen molar-refractivity contribution >= 4 is 40.0 Å². The van der Waals surface area contributed by atoms with Gasteiger partial charge in [0.05, 0.1) is 11.2 Å². The van der Waals surface area contributed by atoms with Crippen molar-refractivity contribution in [1.29, 1.82) is 0 Å². The minimum atomic E-state index is -1.16. The summed E-state index contributed by atoms with van der Waals surface area (Å²) in [5, 5.41) is 13.3. The summed E-state index contributed by atoms with van der Waals surface area (Å²) in [6.07, 6.45) is 2.75. The maximum atomic E-state index is 11.2. The number of nitrogens with zero attached hydrogens (tertiary/aromatic N) is 3. The summed E-state index contributed by atoms with van der Waals surface area (Å²) in [5.74, 6) is -1.00. The zero-order valence-corrected chi connectivity index (χ0v) is 12.3. The lowest BCUT2D eigenvalue weighted by Gasteiger charge is -2.11. The number of pyridine rings is 1. The first-order chi connectivity index (χ1) is 10.6. The molecule has 22 heavy (non-hydrogen) atoms. The Labute approximate surface area is 130 Å². The normalized spacial score (nSPS) is 10.6. The van der Waals surface area contributed by atoms with Gasteiger partial charge in [-0.25, -0.2) is 19.7 Å². The molecular formula is C15H11ClN4O2. The number of nitrogens with one attached hydrogen (secondary N) is 1. The fraction of sp³-hybridized carbons (Fsp3) is 0.0667. The SMILES string of the molecule is Cc1cccc2c(Nc3nccnc3C(=O)O)cc(Cl)nc12. The molecule has 2 heterocycles. The Morgan fingerprint density at radius 3 is 2.82 bits per heavy atom. The summed E-state index contributed by atoms with van der Waals surface area (Å²) < 4.78 is 0. The van der Waals surface area contributed by atoms with Gasteiger partial charge in [0.1, 0.15) is 5.15 Å². The first-order valence-electron chi connectivity index (χ1n) is 6.43. The van der Waals surface area contributed by atoms with E-state index in [-0.39, 0.29) is 11.5 Å². The molecule has 0 saturated carbocycles. The molecule has 0 atom stereocenters. The number of fused-ring (bicyclic) bond motifs is 1. The van der Waals surface area contributed by atoms with Crippen molar-refractivity contribution in [3.05, 3.63) is 53.1 Å². The number of benzene rings is 1. The van der Waals surface area contributed by atoms with Crippen LogP contribution in [-0.2, 0) is 0 Å². The van der Waals surface area contributed by atoms with Crippen LogP contribution in [0.3, 0.4) is 0 Å². The highest BCUT2D eigenvalue weighted by Crippen LogP contribution is 2.29. The molecule has 3 aromatic rings. The molecule has 0 bridgehead atoms. The quantitative estimate of drug-likeness (QED) is 0.720. The summed E-state index contributed by atoms with van der Waals surface area (Å²) in [6.45, 7) is 1.93. The number of hydrogen-bond donors (Lipinski definition) is 2. The number of carboxylic acid groups (broad SMARTS) is 1. The number of hydrogen-bond acceptors (Lipinski definition) is 5. The molecule has 0 saturated heterocycles. The molecule has 3 rings (SSSR count). The Morgan fingerprint density at radius 2 is 2.05 bits per heavy atom. The number of aromatic nitrogens is 3. The maximum absolute atomic E-state index is 11.2. The van der Waals surface area contributed by atoms with Crippen LogP contribution in [-0.4, -0.2) is 26.0 Å². The minimum absolute atomic E-state index is 0.153. The summed E-state index contributed by atoms with van der Waals surface area (Å²) in [4.78, 5) is 23.4. The number of halogens is 1. The van der Waals surface area contributed by atoms with Crippen LogP contribution in [0.25, 0.3) is 10.9 Å². The number of aryl methyl sites for hydroxylation is 1. The fourth-order valence-corrected chi connectivity index (χ4v) is 2.37. The van der Waals surface area contributed by atoms with Crippen LogP contribution >= 0.6 is 11.6 Å². The number of aromatic carboxylic acids is 1. The highest BCUT2D eigenvalue weighted by molar-refractivity contribution is 6.30. The Kier molecular flexibility index (Phi) is 3.60. The Hall–Kier alpha value is -2.73. The summed E-state index contributed by atoms with van der Waals surface area (Å²) in [7, 11) is 0. The molecule has 0 amide bonds. The third kappa shape index (κ3) is 2.56. The molecule has 2 aromatic heterocycles. The molecule has 110 valence electrons. The van der Waals surface area contributed by atoms with Crippen LogP contribution < -0.4 is 5.32 Å². The van der Waals surface area contributed by atoms with Gasteiger partial charge in [0.2, 0.25) is 0 Å². The monoisotopic (exact) mass is 314 g/mol. The number of para-hydroxylation sites is 1. The average molecular weight is 315 g/mol. The van der Waals surface area contributed by atoms with E-state index >= 15 is 0 Å². The van der Waals surface area contributed by atoms with E-state index in [1.807, 2.05) is 25.1 Å². The third-order valence-corrected chi connectivity index (χ3v) is 3.36. The van der Waals surface area contributed by atoms with Gasteiger partial charge in [0.25, 0.3) is 0 Å². The van der Waals surface area contributed by atoms with Gasteiger partial charge in [-0.15, -0.1) is 0 Å².